The summed E-state index contributed by atoms with van der Waals surface area (Å²) in [5.41, 5.74) is 6.46. The topological polar surface area (TPSA) is 78.4 Å². The third-order valence-electron chi connectivity index (χ3n) is 2.00. The van der Waals surface area contributed by atoms with Crippen LogP contribution in [0.5, 0.6) is 0 Å². The number of thioether (sulfide) groups is 1. The minimum Gasteiger partial charge on any atom is -0.468 e. The highest BCUT2D eigenvalue weighted by molar-refractivity contribution is 7.98. The molecule has 6 heteroatoms. The van der Waals surface area contributed by atoms with E-state index in [-0.39, 0.29) is 5.97 Å². The van der Waals surface area contributed by atoms with Crippen molar-refractivity contribution in [1.82, 2.24) is 5.16 Å². The van der Waals surface area contributed by atoms with Gasteiger partial charge in [-0.05, 0) is 19.1 Å². The van der Waals surface area contributed by atoms with Crippen LogP contribution in [0.1, 0.15) is 17.9 Å². The van der Waals surface area contributed by atoms with Crippen molar-refractivity contribution in [2.45, 2.75) is 25.1 Å². The quantitative estimate of drug-likeness (QED) is 0.596. The van der Waals surface area contributed by atoms with Gasteiger partial charge in [-0.15, -0.1) is 0 Å². The zero-order valence-electron chi connectivity index (χ0n) is 9.43. The number of hydrogen-bond donors (Lipinski definition) is 1. The average Bonchev–Trinajstić information content (AvgIpc) is 2.69. The summed E-state index contributed by atoms with van der Waals surface area (Å²) in [6.45, 7) is 1.88. The molecule has 0 saturated carbocycles. The van der Waals surface area contributed by atoms with Crippen molar-refractivity contribution in [3.8, 4) is 0 Å². The van der Waals surface area contributed by atoms with Crippen LogP contribution in [0.25, 0.3) is 0 Å². The molecule has 0 bridgehead atoms. The van der Waals surface area contributed by atoms with E-state index >= 15 is 0 Å². The van der Waals surface area contributed by atoms with Gasteiger partial charge >= 0.3 is 5.97 Å². The molecule has 0 spiro atoms. The van der Waals surface area contributed by atoms with Crippen molar-refractivity contribution in [2.24, 2.45) is 5.73 Å². The fourth-order valence-electron chi connectivity index (χ4n) is 1.14. The predicted molar refractivity (Wildman–Crippen MR) is 62.0 cm³/mol. The van der Waals surface area contributed by atoms with Gasteiger partial charge in [-0.3, -0.25) is 4.79 Å². The number of aromatic nitrogens is 1. The lowest BCUT2D eigenvalue weighted by Crippen LogP contribution is -2.31. The van der Waals surface area contributed by atoms with Gasteiger partial charge in [0.15, 0.2) is 0 Å². The van der Waals surface area contributed by atoms with Crippen LogP contribution in [-0.4, -0.2) is 30.0 Å². The molecule has 0 aliphatic carbocycles. The molecule has 2 N–H and O–H groups in total. The van der Waals surface area contributed by atoms with E-state index in [1.54, 1.807) is 11.8 Å². The van der Waals surface area contributed by atoms with Gasteiger partial charge in [0.1, 0.15) is 11.8 Å². The smallest absolute Gasteiger partial charge is 0.322 e. The van der Waals surface area contributed by atoms with Gasteiger partial charge < -0.3 is 15.0 Å². The Morgan fingerprint density at radius 3 is 3.06 bits per heavy atom. The molecule has 0 aromatic carbocycles. The number of methoxy groups -OCH3 is 1. The summed E-state index contributed by atoms with van der Waals surface area (Å²) in [6, 6.07) is 1.36. The van der Waals surface area contributed by atoms with Crippen molar-refractivity contribution in [1.29, 1.82) is 0 Å². The summed E-state index contributed by atoms with van der Waals surface area (Å²) in [5, 5.41) is 3.78. The Balaban J connectivity index is 2.14. The third kappa shape index (κ3) is 4.24. The molecule has 1 rings (SSSR count). The van der Waals surface area contributed by atoms with Gasteiger partial charge in [0.05, 0.1) is 18.6 Å². The van der Waals surface area contributed by atoms with Crippen molar-refractivity contribution in [2.75, 3.05) is 12.9 Å². The Kier molecular flexibility index (Phi) is 5.34. The van der Waals surface area contributed by atoms with Crippen molar-refractivity contribution in [3.05, 3.63) is 17.5 Å². The van der Waals surface area contributed by atoms with Crippen molar-refractivity contribution in [3.63, 3.8) is 0 Å². The number of aryl methyl sites for hydroxylation is 1. The Labute approximate surface area is 98.7 Å². The molecular formula is C10H16N2O3S. The lowest BCUT2D eigenvalue weighted by atomic mass is 10.2. The maximum atomic E-state index is 11.0. The van der Waals surface area contributed by atoms with E-state index in [1.165, 1.54) is 7.11 Å². The summed E-state index contributed by atoms with van der Waals surface area (Å²) in [6.07, 6.45) is 0.602. The Morgan fingerprint density at radius 2 is 2.50 bits per heavy atom. The Hall–Kier alpha value is -1.01. The summed E-state index contributed by atoms with van der Waals surface area (Å²) >= 11 is 1.65. The van der Waals surface area contributed by atoms with E-state index in [0.717, 1.165) is 23.0 Å². The van der Waals surface area contributed by atoms with E-state index in [2.05, 4.69) is 9.89 Å². The molecule has 5 nitrogen and oxygen atoms in total. The summed E-state index contributed by atoms with van der Waals surface area (Å²) in [7, 11) is 1.34. The third-order valence-corrected chi connectivity index (χ3v) is 3.01. The van der Waals surface area contributed by atoms with Gasteiger partial charge in [-0.2, -0.15) is 11.8 Å². The molecule has 0 fully saturated rings. The molecule has 1 aromatic heterocycles. The van der Waals surface area contributed by atoms with Gasteiger partial charge in [0.2, 0.25) is 0 Å². The summed E-state index contributed by atoms with van der Waals surface area (Å²) in [4.78, 5) is 11.0. The molecule has 0 saturated heterocycles. The number of carbonyl (C=O) groups excluding carboxylic acids is 1. The monoisotopic (exact) mass is 244 g/mol. The standard InChI is InChI=1S/C10H16N2O3S/c1-7-5-8(15-12-7)6-16-4-3-9(11)10(13)14-2/h5,9H,3-4,6,11H2,1-2H3. The van der Waals surface area contributed by atoms with Crippen molar-refractivity contribution < 1.29 is 14.1 Å². The maximum absolute atomic E-state index is 11.0. The van der Waals surface area contributed by atoms with Gasteiger partial charge in [-0.1, -0.05) is 5.16 Å². The van der Waals surface area contributed by atoms with Crippen LogP contribution in [0.2, 0.25) is 0 Å². The first kappa shape index (κ1) is 13.1. The summed E-state index contributed by atoms with van der Waals surface area (Å²) < 4.78 is 9.58. The van der Waals surface area contributed by atoms with Crippen LogP contribution < -0.4 is 5.73 Å². The molecule has 1 aromatic rings. The number of rotatable bonds is 6. The molecule has 0 aliphatic heterocycles. The lowest BCUT2D eigenvalue weighted by Gasteiger charge is -2.07. The molecular weight excluding hydrogens is 228 g/mol. The molecule has 16 heavy (non-hydrogen) atoms. The maximum Gasteiger partial charge on any atom is 0.322 e. The number of carbonyl (C=O) groups is 1. The van der Waals surface area contributed by atoms with E-state index in [0.29, 0.717) is 6.42 Å². The van der Waals surface area contributed by atoms with E-state index in [9.17, 15) is 4.79 Å². The van der Waals surface area contributed by atoms with E-state index in [1.807, 2.05) is 13.0 Å². The minimum atomic E-state index is -0.533. The lowest BCUT2D eigenvalue weighted by molar-refractivity contribution is -0.142. The fraction of sp³-hybridized carbons (Fsp3) is 0.600. The molecule has 0 amide bonds. The molecule has 0 radical (unpaired) electrons. The molecule has 0 aliphatic rings. The van der Waals surface area contributed by atoms with Crippen LogP contribution in [0.3, 0.4) is 0 Å². The van der Waals surface area contributed by atoms with Crippen LogP contribution in [0.15, 0.2) is 10.6 Å². The van der Waals surface area contributed by atoms with Crippen LogP contribution in [0.4, 0.5) is 0 Å². The molecule has 1 heterocycles. The zero-order chi connectivity index (χ0) is 12.0. The molecule has 1 unspecified atom stereocenters. The normalized spacial score (nSPS) is 12.4. The zero-order valence-corrected chi connectivity index (χ0v) is 10.3. The number of nitrogens with zero attached hydrogens (tertiary/aromatic N) is 1. The van der Waals surface area contributed by atoms with E-state index in [4.69, 9.17) is 10.3 Å². The second kappa shape index (κ2) is 6.55. The first-order valence-corrected chi connectivity index (χ1v) is 6.12. The number of ether oxygens (including phenoxy) is 1. The SMILES string of the molecule is COC(=O)C(N)CCSCc1cc(C)no1. The predicted octanol–water partition coefficient (Wildman–Crippen LogP) is 1.11. The van der Waals surface area contributed by atoms with Crippen LogP contribution in [0, 0.1) is 6.92 Å². The minimum absolute atomic E-state index is 0.365. The van der Waals surface area contributed by atoms with Crippen molar-refractivity contribution >= 4 is 17.7 Å². The second-order valence-corrected chi connectivity index (χ2v) is 4.51. The average molecular weight is 244 g/mol. The highest BCUT2D eigenvalue weighted by atomic mass is 32.2. The number of hydrogen-bond acceptors (Lipinski definition) is 6. The number of esters is 1. The first-order chi connectivity index (χ1) is 7.63. The van der Waals surface area contributed by atoms with Gasteiger partial charge in [-0.25, -0.2) is 0 Å². The molecule has 90 valence electrons. The Morgan fingerprint density at radius 1 is 1.75 bits per heavy atom. The Bertz CT molecular complexity index is 341. The first-order valence-electron chi connectivity index (χ1n) is 4.97. The van der Waals surface area contributed by atoms with E-state index < -0.39 is 6.04 Å². The highest BCUT2D eigenvalue weighted by Gasteiger charge is 2.12. The number of nitrogens with two attached hydrogens (primary N) is 1. The van der Waals surface area contributed by atoms with Gasteiger partial charge in [0, 0.05) is 6.07 Å². The van der Waals surface area contributed by atoms with Crippen LogP contribution in [-0.2, 0) is 15.3 Å². The van der Waals surface area contributed by atoms with Gasteiger partial charge in [0.25, 0.3) is 0 Å². The second-order valence-electron chi connectivity index (χ2n) is 3.41. The largest absolute Gasteiger partial charge is 0.468 e. The van der Waals surface area contributed by atoms with Crippen LogP contribution >= 0.6 is 11.8 Å². The molecule has 1 atom stereocenters. The highest BCUT2D eigenvalue weighted by Crippen LogP contribution is 2.14. The fourth-order valence-corrected chi connectivity index (χ4v) is 2.04. The summed E-state index contributed by atoms with van der Waals surface area (Å²) in [5.74, 6) is 2.01.